The lowest BCUT2D eigenvalue weighted by molar-refractivity contribution is 0.151. The highest BCUT2D eigenvalue weighted by atomic mass is 16.3. The maximum atomic E-state index is 10.1. The van der Waals surface area contributed by atoms with E-state index in [0.717, 1.165) is 5.56 Å². The van der Waals surface area contributed by atoms with Gasteiger partial charge in [0.1, 0.15) is 0 Å². The van der Waals surface area contributed by atoms with Gasteiger partial charge in [-0.05, 0) is 56.6 Å². The van der Waals surface area contributed by atoms with Gasteiger partial charge in [-0.15, -0.1) is 0 Å². The van der Waals surface area contributed by atoms with Crippen molar-refractivity contribution in [2.24, 2.45) is 0 Å². The molecule has 0 aromatic carbocycles. The first kappa shape index (κ1) is 14.4. The van der Waals surface area contributed by atoms with Crippen molar-refractivity contribution >= 4 is 0 Å². The first-order valence-corrected chi connectivity index (χ1v) is 7.33. The molecule has 1 unspecified atom stereocenters. The SMILES string of the molecule is CCCN1CCC(NCC(O)c2ccncc2)CC1. The Labute approximate surface area is 115 Å². The van der Waals surface area contributed by atoms with Gasteiger partial charge in [-0.2, -0.15) is 0 Å². The Kier molecular flexibility index (Phi) is 5.76. The first-order valence-electron chi connectivity index (χ1n) is 7.33. The number of piperidine rings is 1. The highest BCUT2D eigenvalue weighted by Crippen LogP contribution is 2.13. The summed E-state index contributed by atoms with van der Waals surface area (Å²) in [7, 11) is 0. The number of rotatable bonds is 6. The molecule has 1 aromatic rings. The Hall–Kier alpha value is -0.970. The molecule has 0 radical (unpaired) electrons. The zero-order chi connectivity index (χ0) is 13.5. The molecule has 4 heteroatoms. The molecule has 106 valence electrons. The van der Waals surface area contributed by atoms with E-state index in [1.54, 1.807) is 12.4 Å². The highest BCUT2D eigenvalue weighted by molar-refractivity contribution is 5.13. The molecule has 1 aliphatic rings. The van der Waals surface area contributed by atoms with Crippen LogP contribution in [0.4, 0.5) is 0 Å². The molecular formula is C15H25N3O. The van der Waals surface area contributed by atoms with E-state index in [4.69, 9.17) is 0 Å². The standard InChI is InChI=1S/C15H25N3O/c1-2-9-18-10-5-14(6-11-18)17-12-15(19)13-3-7-16-8-4-13/h3-4,7-8,14-15,17,19H,2,5-6,9-12H2,1H3. The van der Waals surface area contributed by atoms with Gasteiger partial charge in [-0.25, -0.2) is 0 Å². The average Bonchev–Trinajstić information content (AvgIpc) is 2.47. The molecule has 2 N–H and O–H groups in total. The molecule has 1 fully saturated rings. The van der Waals surface area contributed by atoms with Crippen molar-refractivity contribution in [3.8, 4) is 0 Å². The number of aliphatic hydroxyl groups is 1. The van der Waals surface area contributed by atoms with Gasteiger partial charge in [0, 0.05) is 25.0 Å². The zero-order valence-corrected chi connectivity index (χ0v) is 11.8. The molecule has 2 heterocycles. The van der Waals surface area contributed by atoms with E-state index >= 15 is 0 Å². The largest absolute Gasteiger partial charge is 0.387 e. The van der Waals surface area contributed by atoms with Gasteiger partial charge in [0.2, 0.25) is 0 Å². The zero-order valence-electron chi connectivity index (χ0n) is 11.8. The van der Waals surface area contributed by atoms with Crippen LogP contribution in [-0.4, -0.2) is 47.2 Å². The summed E-state index contributed by atoms with van der Waals surface area (Å²) in [6.45, 7) is 6.43. The second-order valence-corrected chi connectivity index (χ2v) is 5.32. The van der Waals surface area contributed by atoms with E-state index in [2.05, 4.69) is 22.1 Å². The Morgan fingerprint density at radius 1 is 1.37 bits per heavy atom. The summed E-state index contributed by atoms with van der Waals surface area (Å²) in [4.78, 5) is 6.49. The number of aromatic nitrogens is 1. The van der Waals surface area contributed by atoms with Crippen molar-refractivity contribution in [2.45, 2.75) is 38.3 Å². The first-order chi connectivity index (χ1) is 9.29. The summed E-state index contributed by atoms with van der Waals surface area (Å²) < 4.78 is 0. The summed E-state index contributed by atoms with van der Waals surface area (Å²) in [5.41, 5.74) is 0.936. The number of nitrogens with one attached hydrogen (secondary N) is 1. The topological polar surface area (TPSA) is 48.4 Å². The van der Waals surface area contributed by atoms with Gasteiger partial charge in [-0.1, -0.05) is 6.92 Å². The number of nitrogens with zero attached hydrogens (tertiary/aromatic N) is 2. The normalized spacial score (nSPS) is 19.5. The summed E-state index contributed by atoms with van der Waals surface area (Å²) in [6.07, 6.45) is 6.62. The molecule has 1 aliphatic heterocycles. The molecule has 0 amide bonds. The maximum Gasteiger partial charge on any atom is 0.0915 e. The third-order valence-electron chi connectivity index (χ3n) is 3.82. The van der Waals surface area contributed by atoms with E-state index in [1.165, 1.54) is 38.9 Å². The third kappa shape index (κ3) is 4.56. The summed E-state index contributed by atoms with van der Waals surface area (Å²) in [5, 5.41) is 13.6. The molecule has 0 spiro atoms. The van der Waals surface area contributed by atoms with Crippen LogP contribution in [0, 0.1) is 0 Å². The minimum atomic E-state index is -0.434. The summed E-state index contributed by atoms with van der Waals surface area (Å²) >= 11 is 0. The van der Waals surface area contributed by atoms with Crippen LogP contribution in [-0.2, 0) is 0 Å². The lowest BCUT2D eigenvalue weighted by Gasteiger charge is -2.32. The second-order valence-electron chi connectivity index (χ2n) is 5.32. The number of hydrogen-bond acceptors (Lipinski definition) is 4. The molecule has 2 rings (SSSR count). The van der Waals surface area contributed by atoms with Gasteiger partial charge in [-0.3, -0.25) is 4.98 Å². The molecule has 0 aliphatic carbocycles. The molecule has 1 aromatic heterocycles. The fourth-order valence-corrected chi connectivity index (χ4v) is 2.66. The van der Waals surface area contributed by atoms with Crippen LogP contribution in [0.15, 0.2) is 24.5 Å². The van der Waals surface area contributed by atoms with Gasteiger partial charge in [0.25, 0.3) is 0 Å². The van der Waals surface area contributed by atoms with Crippen molar-refractivity contribution in [2.75, 3.05) is 26.2 Å². The van der Waals surface area contributed by atoms with Crippen molar-refractivity contribution in [3.05, 3.63) is 30.1 Å². The van der Waals surface area contributed by atoms with Crippen LogP contribution in [0.1, 0.15) is 37.9 Å². The number of likely N-dealkylation sites (tertiary alicyclic amines) is 1. The molecule has 4 nitrogen and oxygen atoms in total. The fraction of sp³-hybridized carbons (Fsp3) is 0.667. The van der Waals surface area contributed by atoms with Crippen LogP contribution < -0.4 is 5.32 Å². The molecule has 19 heavy (non-hydrogen) atoms. The molecule has 0 saturated carbocycles. The minimum Gasteiger partial charge on any atom is -0.387 e. The second kappa shape index (κ2) is 7.58. The maximum absolute atomic E-state index is 10.1. The van der Waals surface area contributed by atoms with E-state index in [1.807, 2.05) is 12.1 Å². The van der Waals surface area contributed by atoms with E-state index < -0.39 is 6.10 Å². The smallest absolute Gasteiger partial charge is 0.0915 e. The lowest BCUT2D eigenvalue weighted by Crippen LogP contribution is -2.43. The summed E-state index contributed by atoms with van der Waals surface area (Å²) in [5.74, 6) is 0. The molecule has 1 atom stereocenters. The van der Waals surface area contributed by atoms with Crippen LogP contribution in [0.25, 0.3) is 0 Å². The van der Waals surface area contributed by atoms with Crippen molar-refractivity contribution < 1.29 is 5.11 Å². The van der Waals surface area contributed by atoms with Crippen LogP contribution >= 0.6 is 0 Å². The number of hydrogen-bond donors (Lipinski definition) is 2. The Bertz CT molecular complexity index is 350. The van der Waals surface area contributed by atoms with Crippen LogP contribution in [0.5, 0.6) is 0 Å². The van der Waals surface area contributed by atoms with Crippen LogP contribution in [0.2, 0.25) is 0 Å². The third-order valence-corrected chi connectivity index (χ3v) is 3.82. The number of aliphatic hydroxyl groups excluding tert-OH is 1. The monoisotopic (exact) mass is 263 g/mol. The fourth-order valence-electron chi connectivity index (χ4n) is 2.66. The predicted molar refractivity (Wildman–Crippen MR) is 77.0 cm³/mol. The van der Waals surface area contributed by atoms with Gasteiger partial charge in [0.15, 0.2) is 0 Å². The Balaban J connectivity index is 1.69. The van der Waals surface area contributed by atoms with Gasteiger partial charge >= 0.3 is 0 Å². The molecule has 1 saturated heterocycles. The molecule has 0 bridgehead atoms. The van der Waals surface area contributed by atoms with E-state index in [0.29, 0.717) is 12.6 Å². The van der Waals surface area contributed by atoms with Crippen molar-refractivity contribution in [1.82, 2.24) is 15.2 Å². The predicted octanol–water partition coefficient (Wildman–Crippen LogP) is 1.58. The lowest BCUT2D eigenvalue weighted by atomic mass is 10.0. The van der Waals surface area contributed by atoms with E-state index in [9.17, 15) is 5.11 Å². The van der Waals surface area contributed by atoms with Gasteiger partial charge < -0.3 is 15.3 Å². The summed E-state index contributed by atoms with van der Waals surface area (Å²) in [6, 6.07) is 4.29. The quantitative estimate of drug-likeness (QED) is 0.818. The van der Waals surface area contributed by atoms with Crippen molar-refractivity contribution in [1.29, 1.82) is 0 Å². The van der Waals surface area contributed by atoms with Crippen molar-refractivity contribution in [3.63, 3.8) is 0 Å². The van der Waals surface area contributed by atoms with Gasteiger partial charge in [0.05, 0.1) is 6.10 Å². The highest BCUT2D eigenvalue weighted by Gasteiger charge is 2.19. The minimum absolute atomic E-state index is 0.434. The average molecular weight is 263 g/mol. The Morgan fingerprint density at radius 3 is 2.68 bits per heavy atom. The molecular weight excluding hydrogens is 238 g/mol. The van der Waals surface area contributed by atoms with Crippen LogP contribution in [0.3, 0.4) is 0 Å². The number of pyridine rings is 1. The Morgan fingerprint density at radius 2 is 2.05 bits per heavy atom. The van der Waals surface area contributed by atoms with E-state index in [-0.39, 0.29) is 0 Å².